The zero-order valence-corrected chi connectivity index (χ0v) is 10.7. The molecule has 0 saturated carbocycles. The highest BCUT2D eigenvalue weighted by molar-refractivity contribution is 6.17. The van der Waals surface area contributed by atoms with E-state index >= 15 is 0 Å². The van der Waals surface area contributed by atoms with Gasteiger partial charge in [-0.3, -0.25) is 4.79 Å². The molecule has 1 aromatic rings. The molecule has 0 aliphatic carbocycles. The topological polar surface area (TPSA) is 29.1 Å². The summed E-state index contributed by atoms with van der Waals surface area (Å²) < 4.78 is 13.5. The maximum atomic E-state index is 13.5. The Morgan fingerprint density at radius 3 is 2.76 bits per heavy atom. The molecular weight excluding hydrogens is 241 g/mol. The molecule has 4 heteroatoms. The SMILES string of the molecule is Cc1ccc(C(=O)NCCCCCCl)c(F)c1. The number of carbonyl (C=O) groups excluding carboxylic acids is 1. The van der Waals surface area contributed by atoms with Crippen LogP contribution in [0.1, 0.15) is 35.2 Å². The number of carbonyl (C=O) groups is 1. The molecule has 1 aromatic carbocycles. The number of rotatable bonds is 6. The zero-order valence-electron chi connectivity index (χ0n) is 9.93. The molecule has 17 heavy (non-hydrogen) atoms. The van der Waals surface area contributed by atoms with Crippen LogP contribution in [0.4, 0.5) is 4.39 Å². The van der Waals surface area contributed by atoms with Gasteiger partial charge < -0.3 is 5.32 Å². The zero-order chi connectivity index (χ0) is 12.7. The number of nitrogens with one attached hydrogen (secondary N) is 1. The van der Waals surface area contributed by atoms with E-state index in [-0.39, 0.29) is 11.5 Å². The van der Waals surface area contributed by atoms with E-state index in [1.165, 1.54) is 12.1 Å². The lowest BCUT2D eigenvalue weighted by Gasteiger charge is -2.06. The number of halogens is 2. The summed E-state index contributed by atoms with van der Waals surface area (Å²) >= 11 is 5.54. The standard InChI is InChI=1S/C13H17ClFNO/c1-10-5-6-11(12(15)9-10)13(17)16-8-4-2-3-7-14/h5-6,9H,2-4,7-8H2,1H3,(H,16,17). The summed E-state index contributed by atoms with van der Waals surface area (Å²) in [5.74, 6) is -0.183. The Morgan fingerprint density at radius 1 is 1.35 bits per heavy atom. The van der Waals surface area contributed by atoms with Crippen LogP contribution in [0.15, 0.2) is 18.2 Å². The van der Waals surface area contributed by atoms with Gasteiger partial charge in [-0.05, 0) is 37.5 Å². The largest absolute Gasteiger partial charge is 0.352 e. The Kier molecular flexibility index (Phi) is 5.98. The summed E-state index contributed by atoms with van der Waals surface area (Å²) in [6.07, 6.45) is 2.78. The van der Waals surface area contributed by atoms with Gasteiger partial charge in [0.15, 0.2) is 0 Å². The van der Waals surface area contributed by atoms with E-state index in [0.29, 0.717) is 12.4 Å². The molecule has 0 aromatic heterocycles. The van der Waals surface area contributed by atoms with Crippen LogP contribution in [0, 0.1) is 12.7 Å². The number of hydrogen-bond acceptors (Lipinski definition) is 1. The fraction of sp³-hybridized carbons (Fsp3) is 0.462. The quantitative estimate of drug-likeness (QED) is 0.615. The molecule has 0 spiro atoms. The van der Waals surface area contributed by atoms with Crippen molar-refractivity contribution in [2.45, 2.75) is 26.2 Å². The molecule has 2 nitrogen and oxygen atoms in total. The van der Waals surface area contributed by atoms with Crippen LogP contribution in [0.5, 0.6) is 0 Å². The second-order valence-electron chi connectivity index (χ2n) is 3.99. The predicted molar refractivity (Wildman–Crippen MR) is 68.0 cm³/mol. The van der Waals surface area contributed by atoms with Gasteiger partial charge in [0.25, 0.3) is 5.91 Å². The lowest BCUT2D eigenvalue weighted by Crippen LogP contribution is -2.25. The summed E-state index contributed by atoms with van der Waals surface area (Å²) in [7, 11) is 0. The number of aryl methyl sites for hydroxylation is 1. The van der Waals surface area contributed by atoms with Gasteiger partial charge in [0.05, 0.1) is 5.56 Å². The molecule has 1 amide bonds. The highest BCUT2D eigenvalue weighted by atomic mass is 35.5. The minimum Gasteiger partial charge on any atom is -0.352 e. The highest BCUT2D eigenvalue weighted by Gasteiger charge is 2.10. The fourth-order valence-electron chi connectivity index (χ4n) is 1.50. The minimum atomic E-state index is -0.469. The molecule has 0 aliphatic rings. The van der Waals surface area contributed by atoms with E-state index in [1.54, 1.807) is 13.0 Å². The molecule has 0 bridgehead atoms. The van der Waals surface area contributed by atoms with Crippen molar-refractivity contribution in [1.29, 1.82) is 0 Å². The van der Waals surface area contributed by atoms with Gasteiger partial charge in [-0.15, -0.1) is 11.6 Å². The first kappa shape index (κ1) is 14.0. The minimum absolute atomic E-state index is 0.105. The monoisotopic (exact) mass is 257 g/mol. The maximum Gasteiger partial charge on any atom is 0.254 e. The Labute approximate surface area is 106 Å². The lowest BCUT2D eigenvalue weighted by molar-refractivity contribution is 0.0949. The van der Waals surface area contributed by atoms with Crippen molar-refractivity contribution in [1.82, 2.24) is 5.32 Å². The summed E-state index contributed by atoms with van der Waals surface area (Å²) in [4.78, 5) is 11.6. The molecule has 0 unspecified atom stereocenters. The Hall–Kier alpha value is -1.09. The van der Waals surface area contributed by atoms with Crippen LogP contribution in [-0.4, -0.2) is 18.3 Å². The van der Waals surface area contributed by atoms with Crippen LogP contribution < -0.4 is 5.32 Å². The summed E-state index contributed by atoms with van der Waals surface area (Å²) in [5, 5.41) is 2.70. The van der Waals surface area contributed by atoms with Crippen molar-refractivity contribution in [3.05, 3.63) is 35.1 Å². The van der Waals surface area contributed by atoms with E-state index in [2.05, 4.69) is 5.32 Å². The number of alkyl halides is 1. The number of unbranched alkanes of at least 4 members (excludes halogenated alkanes) is 2. The van der Waals surface area contributed by atoms with Gasteiger partial charge >= 0.3 is 0 Å². The van der Waals surface area contributed by atoms with Gasteiger partial charge in [0, 0.05) is 12.4 Å². The second-order valence-corrected chi connectivity index (χ2v) is 4.37. The van der Waals surface area contributed by atoms with Gasteiger partial charge in [-0.25, -0.2) is 4.39 Å². The number of benzene rings is 1. The molecule has 1 N–H and O–H groups in total. The maximum absolute atomic E-state index is 13.5. The average Bonchev–Trinajstić information content (AvgIpc) is 2.28. The van der Waals surface area contributed by atoms with Gasteiger partial charge in [0.2, 0.25) is 0 Å². The number of amides is 1. The van der Waals surface area contributed by atoms with Crippen molar-refractivity contribution in [2.75, 3.05) is 12.4 Å². The highest BCUT2D eigenvalue weighted by Crippen LogP contribution is 2.09. The molecule has 0 radical (unpaired) electrons. The molecule has 94 valence electrons. The Bertz CT molecular complexity index is 382. The van der Waals surface area contributed by atoms with E-state index < -0.39 is 5.82 Å². The van der Waals surface area contributed by atoms with Crippen LogP contribution in [0.2, 0.25) is 0 Å². The molecule has 0 fully saturated rings. The lowest BCUT2D eigenvalue weighted by atomic mass is 10.1. The fourth-order valence-corrected chi connectivity index (χ4v) is 1.69. The molecule has 0 aliphatic heterocycles. The van der Waals surface area contributed by atoms with Gasteiger partial charge in [-0.2, -0.15) is 0 Å². The van der Waals surface area contributed by atoms with Crippen molar-refractivity contribution in [3.63, 3.8) is 0 Å². The van der Waals surface area contributed by atoms with E-state index in [1.807, 2.05) is 0 Å². The smallest absolute Gasteiger partial charge is 0.254 e. The first-order valence-corrected chi connectivity index (χ1v) is 6.29. The third-order valence-corrected chi connectivity index (χ3v) is 2.73. The van der Waals surface area contributed by atoms with Crippen molar-refractivity contribution in [3.8, 4) is 0 Å². The Morgan fingerprint density at radius 2 is 2.12 bits per heavy atom. The number of hydrogen-bond donors (Lipinski definition) is 1. The van der Waals surface area contributed by atoms with Crippen molar-refractivity contribution in [2.24, 2.45) is 0 Å². The van der Waals surface area contributed by atoms with Gasteiger partial charge in [-0.1, -0.05) is 12.5 Å². The third kappa shape index (κ3) is 4.73. The van der Waals surface area contributed by atoms with Gasteiger partial charge in [0.1, 0.15) is 5.82 Å². The first-order valence-electron chi connectivity index (χ1n) is 5.75. The van der Waals surface area contributed by atoms with Crippen molar-refractivity contribution >= 4 is 17.5 Å². The van der Waals surface area contributed by atoms with E-state index in [9.17, 15) is 9.18 Å². The molecule has 0 saturated heterocycles. The van der Waals surface area contributed by atoms with Crippen LogP contribution >= 0.6 is 11.6 Å². The van der Waals surface area contributed by atoms with E-state index in [0.717, 1.165) is 24.8 Å². The molecular formula is C13H17ClFNO. The normalized spacial score (nSPS) is 10.3. The van der Waals surface area contributed by atoms with Crippen LogP contribution in [-0.2, 0) is 0 Å². The Balaban J connectivity index is 2.42. The summed E-state index contributed by atoms with van der Waals surface area (Å²) in [6.45, 7) is 2.35. The molecule has 0 heterocycles. The van der Waals surface area contributed by atoms with Crippen molar-refractivity contribution < 1.29 is 9.18 Å². The van der Waals surface area contributed by atoms with Crippen LogP contribution in [0.25, 0.3) is 0 Å². The van der Waals surface area contributed by atoms with E-state index in [4.69, 9.17) is 11.6 Å². The third-order valence-electron chi connectivity index (χ3n) is 2.47. The van der Waals surface area contributed by atoms with Crippen LogP contribution in [0.3, 0.4) is 0 Å². The molecule has 1 rings (SSSR count). The summed E-state index contributed by atoms with van der Waals surface area (Å²) in [6, 6.07) is 4.60. The average molecular weight is 258 g/mol. The predicted octanol–water partition coefficient (Wildman–Crippen LogP) is 3.27. The second kappa shape index (κ2) is 7.28. The summed E-state index contributed by atoms with van der Waals surface area (Å²) in [5.41, 5.74) is 0.911. The molecule has 0 atom stereocenters. The first-order chi connectivity index (χ1) is 8.15.